The third-order valence-corrected chi connectivity index (χ3v) is 4.09. The van der Waals surface area contributed by atoms with Crippen molar-refractivity contribution >= 4 is 11.6 Å². The van der Waals surface area contributed by atoms with Crippen LogP contribution in [0.25, 0.3) is 22.8 Å². The zero-order valence-corrected chi connectivity index (χ0v) is 12.2. The Morgan fingerprint density at radius 2 is 1.86 bits per heavy atom. The number of rotatable bonds is 2. The summed E-state index contributed by atoms with van der Waals surface area (Å²) in [5.74, 6) is 0. The Morgan fingerprint density at radius 1 is 0.955 bits per heavy atom. The van der Waals surface area contributed by atoms with Gasteiger partial charge in [-0.2, -0.15) is 0 Å². The van der Waals surface area contributed by atoms with Gasteiger partial charge in [-0.25, -0.2) is 15.0 Å². The minimum atomic E-state index is 1.05. The second kappa shape index (κ2) is 5.56. The van der Waals surface area contributed by atoms with E-state index >= 15 is 0 Å². The van der Waals surface area contributed by atoms with Crippen molar-refractivity contribution in [3.63, 3.8) is 0 Å². The molecule has 0 radical (unpaired) electrons. The van der Waals surface area contributed by atoms with Gasteiger partial charge in [0, 0.05) is 18.0 Å². The molecule has 1 N–H and O–H groups in total. The van der Waals surface area contributed by atoms with Gasteiger partial charge < -0.3 is 4.98 Å². The average molecular weight is 288 g/mol. The van der Waals surface area contributed by atoms with Gasteiger partial charge in [-0.3, -0.25) is 0 Å². The molecular weight excluding hydrogens is 272 g/mol. The van der Waals surface area contributed by atoms with Gasteiger partial charge in [0.1, 0.15) is 6.33 Å². The topological polar surface area (TPSA) is 54.5 Å². The second-order valence-corrected chi connectivity index (χ2v) is 5.53. The molecule has 22 heavy (non-hydrogen) atoms. The molecule has 4 heteroatoms. The van der Waals surface area contributed by atoms with E-state index in [1.165, 1.54) is 23.1 Å². The summed E-state index contributed by atoms with van der Waals surface area (Å²) in [5, 5.41) is 0. The predicted molar refractivity (Wildman–Crippen MR) is 86.9 cm³/mol. The summed E-state index contributed by atoms with van der Waals surface area (Å²) in [6.07, 6.45) is 14.5. The second-order valence-electron chi connectivity index (χ2n) is 5.53. The summed E-state index contributed by atoms with van der Waals surface area (Å²) in [7, 11) is 0. The van der Waals surface area contributed by atoms with Crippen LogP contribution in [0.2, 0.25) is 0 Å². The molecule has 0 bridgehead atoms. The van der Waals surface area contributed by atoms with Gasteiger partial charge in [-0.05, 0) is 53.7 Å². The number of hydrogen-bond acceptors (Lipinski definition) is 3. The van der Waals surface area contributed by atoms with E-state index in [0.717, 1.165) is 29.7 Å². The van der Waals surface area contributed by atoms with Crippen LogP contribution in [0.15, 0.2) is 49.4 Å². The SMILES string of the molecule is C(=C1CCCc2ccc(-c3cncnc3)cc21)c1cnc[nH]1. The summed E-state index contributed by atoms with van der Waals surface area (Å²) in [6.45, 7) is 0. The molecule has 0 saturated carbocycles. The fraction of sp³-hybridized carbons (Fsp3) is 0.167. The summed E-state index contributed by atoms with van der Waals surface area (Å²) in [5.41, 5.74) is 7.38. The molecule has 4 nitrogen and oxygen atoms in total. The van der Waals surface area contributed by atoms with Crippen molar-refractivity contribution in [2.24, 2.45) is 0 Å². The lowest BCUT2D eigenvalue weighted by Crippen LogP contribution is -2.02. The van der Waals surface area contributed by atoms with Gasteiger partial charge in [0.15, 0.2) is 0 Å². The van der Waals surface area contributed by atoms with Crippen LogP contribution in [-0.2, 0) is 6.42 Å². The molecule has 108 valence electrons. The molecule has 1 aliphatic carbocycles. The van der Waals surface area contributed by atoms with Crippen molar-refractivity contribution in [1.82, 2.24) is 19.9 Å². The normalized spacial score (nSPS) is 15.7. The summed E-state index contributed by atoms with van der Waals surface area (Å²) >= 11 is 0. The standard InChI is InChI=1S/C18H16N4/c1-2-13-4-5-14(16-8-19-11-20-9-16)7-18(13)15(3-1)6-17-10-21-12-22-17/h4-12H,1-3H2,(H,21,22). The van der Waals surface area contributed by atoms with Crippen LogP contribution in [0.5, 0.6) is 0 Å². The third kappa shape index (κ3) is 2.44. The Morgan fingerprint density at radius 3 is 2.68 bits per heavy atom. The molecule has 0 unspecified atom stereocenters. The lowest BCUT2D eigenvalue weighted by Gasteiger charge is -2.20. The predicted octanol–water partition coefficient (Wildman–Crippen LogP) is 3.74. The highest BCUT2D eigenvalue weighted by atomic mass is 14.8. The molecule has 3 aromatic rings. The number of fused-ring (bicyclic) bond motifs is 1. The molecular formula is C18H16N4. The molecule has 0 saturated heterocycles. The number of aromatic nitrogens is 4. The number of H-pyrrole nitrogens is 1. The van der Waals surface area contributed by atoms with Crippen molar-refractivity contribution in [2.75, 3.05) is 0 Å². The number of benzene rings is 1. The number of aryl methyl sites for hydroxylation is 1. The van der Waals surface area contributed by atoms with E-state index < -0.39 is 0 Å². The zero-order valence-electron chi connectivity index (χ0n) is 12.2. The molecule has 1 aliphatic rings. The van der Waals surface area contributed by atoms with Crippen LogP contribution in [-0.4, -0.2) is 19.9 Å². The first-order valence-electron chi connectivity index (χ1n) is 7.48. The fourth-order valence-electron chi connectivity index (χ4n) is 3.01. The van der Waals surface area contributed by atoms with Gasteiger partial charge in [0.2, 0.25) is 0 Å². The highest BCUT2D eigenvalue weighted by Gasteiger charge is 2.15. The lowest BCUT2D eigenvalue weighted by molar-refractivity contribution is 0.824. The van der Waals surface area contributed by atoms with Crippen LogP contribution in [0.1, 0.15) is 29.7 Å². The molecule has 2 heterocycles. The van der Waals surface area contributed by atoms with Crippen molar-refractivity contribution in [2.45, 2.75) is 19.3 Å². The van der Waals surface area contributed by atoms with Crippen LogP contribution >= 0.6 is 0 Å². The largest absolute Gasteiger partial charge is 0.345 e. The van der Waals surface area contributed by atoms with E-state index in [2.05, 4.69) is 44.2 Å². The van der Waals surface area contributed by atoms with E-state index in [9.17, 15) is 0 Å². The summed E-state index contributed by atoms with van der Waals surface area (Å²) in [4.78, 5) is 15.5. The number of aromatic amines is 1. The monoisotopic (exact) mass is 288 g/mol. The van der Waals surface area contributed by atoms with Crippen molar-refractivity contribution in [3.05, 3.63) is 66.3 Å². The molecule has 0 fully saturated rings. The molecule has 0 aliphatic heterocycles. The minimum Gasteiger partial charge on any atom is -0.345 e. The molecule has 0 amide bonds. The maximum atomic E-state index is 4.11. The Bertz CT molecular complexity index is 804. The van der Waals surface area contributed by atoms with Gasteiger partial charge in [0.25, 0.3) is 0 Å². The quantitative estimate of drug-likeness (QED) is 0.781. The molecule has 2 aromatic heterocycles. The number of hydrogen-bond donors (Lipinski definition) is 1. The van der Waals surface area contributed by atoms with Crippen LogP contribution < -0.4 is 0 Å². The van der Waals surface area contributed by atoms with Crippen LogP contribution in [0, 0.1) is 0 Å². The van der Waals surface area contributed by atoms with Crippen molar-refractivity contribution in [3.8, 4) is 11.1 Å². The van der Waals surface area contributed by atoms with Crippen LogP contribution in [0.4, 0.5) is 0 Å². The first-order chi connectivity index (χ1) is 10.9. The van der Waals surface area contributed by atoms with E-state index in [1.54, 1.807) is 12.7 Å². The van der Waals surface area contributed by atoms with Crippen molar-refractivity contribution in [1.29, 1.82) is 0 Å². The molecule has 0 spiro atoms. The molecule has 1 aromatic carbocycles. The smallest absolute Gasteiger partial charge is 0.115 e. The number of imidazole rings is 1. The highest BCUT2D eigenvalue weighted by Crippen LogP contribution is 2.34. The first-order valence-corrected chi connectivity index (χ1v) is 7.48. The lowest BCUT2D eigenvalue weighted by atomic mass is 9.85. The number of allylic oxidation sites excluding steroid dienone is 1. The Balaban J connectivity index is 1.80. The van der Waals surface area contributed by atoms with Gasteiger partial charge in [-0.15, -0.1) is 0 Å². The van der Waals surface area contributed by atoms with Crippen LogP contribution in [0.3, 0.4) is 0 Å². The Labute approximate surface area is 129 Å². The van der Waals surface area contributed by atoms with E-state index in [4.69, 9.17) is 0 Å². The highest BCUT2D eigenvalue weighted by molar-refractivity contribution is 5.84. The van der Waals surface area contributed by atoms with Gasteiger partial charge in [0.05, 0.1) is 18.2 Å². The first kappa shape index (κ1) is 13.0. The zero-order chi connectivity index (χ0) is 14.8. The van der Waals surface area contributed by atoms with Gasteiger partial charge in [-0.1, -0.05) is 12.1 Å². The van der Waals surface area contributed by atoms with Crippen molar-refractivity contribution < 1.29 is 0 Å². The number of nitrogens with zero attached hydrogens (tertiary/aromatic N) is 3. The maximum absolute atomic E-state index is 4.11. The minimum absolute atomic E-state index is 1.05. The fourth-order valence-corrected chi connectivity index (χ4v) is 3.01. The summed E-state index contributed by atoms with van der Waals surface area (Å²) in [6, 6.07) is 6.66. The molecule has 4 rings (SSSR count). The maximum Gasteiger partial charge on any atom is 0.115 e. The summed E-state index contributed by atoms with van der Waals surface area (Å²) < 4.78 is 0. The third-order valence-electron chi connectivity index (χ3n) is 4.09. The average Bonchev–Trinajstić information content (AvgIpc) is 3.09. The van der Waals surface area contributed by atoms with Gasteiger partial charge >= 0.3 is 0 Å². The molecule has 0 atom stereocenters. The van der Waals surface area contributed by atoms with E-state index in [1.807, 2.05) is 18.6 Å². The number of nitrogens with one attached hydrogen (secondary N) is 1. The Kier molecular flexibility index (Phi) is 3.27. The Hall–Kier alpha value is -2.75. The van der Waals surface area contributed by atoms with E-state index in [-0.39, 0.29) is 0 Å². The van der Waals surface area contributed by atoms with E-state index in [0.29, 0.717) is 0 Å².